The summed E-state index contributed by atoms with van der Waals surface area (Å²) in [7, 11) is 2.34. The van der Waals surface area contributed by atoms with Crippen molar-refractivity contribution in [2.24, 2.45) is 0 Å². The van der Waals surface area contributed by atoms with E-state index in [0.29, 0.717) is 22.7 Å². The van der Waals surface area contributed by atoms with Crippen LogP contribution in [0.4, 0.5) is 46.0 Å². The Morgan fingerprint density at radius 1 is 0.949 bits per heavy atom. The zero-order valence-electron chi connectivity index (χ0n) is 21.7. The molecule has 1 fully saturated rings. The summed E-state index contributed by atoms with van der Waals surface area (Å²) < 4.78 is 99.0. The highest BCUT2D eigenvalue weighted by Gasteiger charge is 2.43. The SMILES string of the molecule is CN(C(=O)N(C)[C@@H]1CN(C(=O)OC(C)(C)C)C[C@H]1c1ccc(F)cn1)c1cc(C(F)(F)F)cc(C(F)(F)F)c1. The number of nitrogens with zero attached hydrogens (tertiary/aromatic N) is 4. The third-order valence-corrected chi connectivity index (χ3v) is 6.12. The molecule has 2 atom stereocenters. The van der Waals surface area contributed by atoms with Gasteiger partial charge in [-0.2, -0.15) is 26.3 Å². The van der Waals surface area contributed by atoms with E-state index in [1.165, 1.54) is 18.0 Å². The molecule has 3 rings (SSSR count). The normalized spacial score (nSPS) is 18.2. The molecule has 0 unspecified atom stereocenters. The Morgan fingerprint density at radius 2 is 1.51 bits per heavy atom. The highest BCUT2D eigenvalue weighted by atomic mass is 19.4. The summed E-state index contributed by atoms with van der Waals surface area (Å²) in [6.45, 7) is 4.91. The second-order valence-electron chi connectivity index (χ2n) is 10.2. The number of halogens is 7. The van der Waals surface area contributed by atoms with Gasteiger partial charge in [0.1, 0.15) is 11.4 Å². The number of ether oxygens (including phenoxy) is 1. The van der Waals surface area contributed by atoms with E-state index in [4.69, 9.17) is 4.74 Å². The summed E-state index contributed by atoms with van der Waals surface area (Å²) in [4.78, 5) is 33.2. The number of aromatic nitrogens is 1. The van der Waals surface area contributed by atoms with Crippen LogP contribution in [0.1, 0.15) is 43.5 Å². The lowest BCUT2D eigenvalue weighted by Gasteiger charge is -2.32. The second kappa shape index (κ2) is 10.5. The number of benzene rings is 1. The molecule has 3 amide bonds. The second-order valence-corrected chi connectivity index (χ2v) is 10.2. The first-order valence-corrected chi connectivity index (χ1v) is 11.7. The number of amides is 3. The lowest BCUT2D eigenvalue weighted by atomic mass is 9.98. The van der Waals surface area contributed by atoms with Crippen LogP contribution in [0.25, 0.3) is 0 Å². The predicted octanol–water partition coefficient (Wildman–Crippen LogP) is 6.15. The maximum absolute atomic E-state index is 13.5. The van der Waals surface area contributed by atoms with Crippen molar-refractivity contribution >= 4 is 17.8 Å². The zero-order valence-corrected chi connectivity index (χ0v) is 21.7. The van der Waals surface area contributed by atoms with Gasteiger partial charge in [-0.1, -0.05) is 0 Å². The van der Waals surface area contributed by atoms with E-state index in [9.17, 15) is 40.3 Å². The number of hydrogen-bond donors (Lipinski definition) is 0. The number of pyridine rings is 1. The van der Waals surface area contributed by atoms with Crippen LogP contribution in [-0.4, -0.2) is 65.7 Å². The maximum atomic E-state index is 13.5. The molecule has 1 aromatic carbocycles. The molecule has 0 saturated carbocycles. The molecule has 0 radical (unpaired) electrons. The summed E-state index contributed by atoms with van der Waals surface area (Å²) in [5.74, 6) is -1.28. The lowest BCUT2D eigenvalue weighted by Crippen LogP contribution is -2.48. The maximum Gasteiger partial charge on any atom is 0.416 e. The topological polar surface area (TPSA) is 66.0 Å². The molecule has 2 aromatic rings. The van der Waals surface area contributed by atoms with Crippen molar-refractivity contribution in [2.75, 3.05) is 32.1 Å². The Balaban J connectivity index is 1.95. The number of likely N-dealkylation sites (N-methyl/N-ethyl adjacent to an activating group) is 1. The summed E-state index contributed by atoms with van der Waals surface area (Å²) in [5, 5.41) is 0. The van der Waals surface area contributed by atoms with Gasteiger partial charge < -0.3 is 14.5 Å². The van der Waals surface area contributed by atoms with Crippen molar-refractivity contribution < 1.29 is 45.1 Å². The minimum Gasteiger partial charge on any atom is -0.444 e. The molecule has 7 nitrogen and oxygen atoms in total. The van der Waals surface area contributed by atoms with Crippen molar-refractivity contribution in [1.29, 1.82) is 0 Å². The average molecular weight is 565 g/mol. The summed E-state index contributed by atoms with van der Waals surface area (Å²) >= 11 is 0. The van der Waals surface area contributed by atoms with E-state index in [0.717, 1.165) is 24.2 Å². The van der Waals surface area contributed by atoms with Gasteiger partial charge in [0.05, 0.1) is 23.4 Å². The molecule has 0 N–H and O–H groups in total. The third-order valence-electron chi connectivity index (χ3n) is 6.12. The van der Waals surface area contributed by atoms with Crippen LogP contribution >= 0.6 is 0 Å². The van der Waals surface area contributed by atoms with Crippen LogP contribution in [0, 0.1) is 5.82 Å². The molecule has 14 heteroatoms. The number of urea groups is 1. The smallest absolute Gasteiger partial charge is 0.416 e. The molecule has 1 saturated heterocycles. The quantitative estimate of drug-likeness (QED) is 0.420. The van der Waals surface area contributed by atoms with E-state index < -0.39 is 64.7 Å². The Kier molecular flexibility index (Phi) is 8.09. The zero-order chi connectivity index (χ0) is 29.5. The van der Waals surface area contributed by atoms with Crippen molar-refractivity contribution in [3.05, 3.63) is 59.2 Å². The largest absolute Gasteiger partial charge is 0.444 e. The number of hydrogen-bond acceptors (Lipinski definition) is 4. The minimum atomic E-state index is -5.09. The predicted molar refractivity (Wildman–Crippen MR) is 127 cm³/mol. The van der Waals surface area contributed by atoms with E-state index in [-0.39, 0.29) is 19.2 Å². The Labute approximate surface area is 220 Å². The number of carbonyl (C=O) groups is 2. The van der Waals surface area contributed by atoms with Crippen molar-refractivity contribution in [3.8, 4) is 0 Å². The highest BCUT2D eigenvalue weighted by Crippen LogP contribution is 2.39. The van der Waals surface area contributed by atoms with Crippen LogP contribution < -0.4 is 4.90 Å². The fourth-order valence-electron chi connectivity index (χ4n) is 4.17. The minimum absolute atomic E-state index is 0.0152. The Morgan fingerprint density at radius 3 is 1.97 bits per heavy atom. The summed E-state index contributed by atoms with van der Waals surface area (Å²) in [6.07, 6.45) is -9.92. The monoisotopic (exact) mass is 564 g/mol. The number of rotatable bonds is 3. The van der Waals surface area contributed by atoms with Gasteiger partial charge in [-0.05, 0) is 51.1 Å². The van der Waals surface area contributed by atoms with E-state index in [1.54, 1.807) is 20.8 Å². The molecular weight excluding hydrogens is 537 g/mol. The first kappa shape index (κ1) is 30.0. The fraction of sp³-hybridized carbons (Fsp3) is 0.480. The Bertz CT molecular complexity index is 1180. The van der Waals surface area contributed by atoms with Gasteiger partial charge in [0.25, 0.3) is 0 Å². The van der Waals surface area contributed by atoms with Crippen molar-refractivity contribution in [1.82, 2.24) is 14.8 Å². The van der Waals surface area contributed by atoms with Gasteiger partial charge in [0.15, 0.2) is 0 Å². The molecule has 39 heavy (non-hydrogen) atoms. The van der Waals surface area contributed by atoms with Crippen molar-refractivity contribution in [2.45, 2.75) is 50.7 Å². The van der Waals surface area contributed by atoms with Gasteiger partial charge >= 0.3 is 24.5 Å². The average Bonchev–Trinajstić information content (AvgIpc) is 3.26. The number of alkyl halides is 6. The lowest BCUT2D eigenvalue weighted by molar-refractivity contribution is -0.143. The number of likely N-dealkylation sites (tertiary alicyclic amines) is 1. The molecular formula is C25H27F7N4O3. The van der Waals surface area contributed by atoms with Crippen molar-refractivity contribution in [3.63, 3.8) is 0 Å². The molecule has 214 valence electrons. The number of anilines is 1. The summed E-state index contributed by atoms with van der Waals surface area (Å²) in [6, 6.07) is 1.62. The third kappa shape index (κ3) is 7.09. The van der Waals surface area contributed by atoms with Gasteiger partial charge in [0, 0.05) is 44.5 Å². The van der Waals surface area contributed by atoms with E-state index >= 15 is 0 Å². The first-order chi connectivity index (χ1) is 17.8. The standard InChI is InChI=1S/C25H27F7N4O3/c1-23(2,3)39-22(38)36-12-18(19-7-6-16(26)11-33-19)20(13-36)35(5)21(37)34(4)17-9-14(24(27,28)29)8-15(10-17)25(30,31)32/h6-11,18,20H,12-13H2,1-5H3/t18-,20+/m0/s1. The number of carbonyl (C=O) groups excluding carboxylic acids is 2. The van der Waals surface area contributed by atoms with Gasteiger partial charge in [0.2, 0.25) is 0 Å². The molecule has 2 heterocycles. The molecule has 0 aliphatic carbocycles. The Hall–Kier alpha value is -3.58. The van der Waals surface area contributed by atoms with E-state index in [1.807, 2.05) is 0 Å². The molecule has 0 spiro atoms. The van der Waals surface area contributed by atoms with Crippen LogP contribution in [0.2, 0.25) is 0 Å². The fourth-order valence-corrected chi connectivity index (χ4v) is 4.17. The molecule has 1 aliphatic heterocycles. The highest BCUT2D eigenvalue weighted by molar-refractivity contribution is 5.92. The van der Waals surface area contributed by atoms with Crippen LogP contribution in [-0.2, 0) is 17.1 Å². The van der Waals surface area contributed by atoms with Crippen LogP contribution in [0.5, 0.6) is 0 Å². The first-order valence-electron chi connectivity index (χ1n) is 11.7. The molecule has 0 bridgehead atoms. The van der Waals surface area contributed by atoms with Crippen LogP contribution in [0.3, 0.4) is 0 Å². The molecule has 1 aliphatic rings. The van der Waals surface area contributed by atoms with E-state index in [2.05, 4.69) is 4.98 Å². The van der Waals surface area contributed by atoms with Gasteiger partial charge in [-0.3, -0.25) is 9.88 Å². The van der Waals surface area contributed by atoms with Gasteiger partial charge in [-0.25, -0.2) is 14.0 Å². The molecule has 1 aromatic heterocycles. The summed E-state index contributed by atoms with van der Waals surface area (Å²) in [5.41, 5.74) is -4.28. The van der Waals surface area contributed by atoms with Gasteiger partial charge in [-0.15, -0.1) is 0 Å². The van der Waals surface area contributed by atoms with Crippen LogP contribution in [0.15, 0.2) is 36.5 Å².